The van der Waals surface area contributed by atoms with E-state index in [1.807, 2.05) is 26.0 Å². The third kappa shape index (κ3) is 7.44. The maximum absolute atomic E-state index is 12.3. The molecule has 32 heavy (non-hydrogen) atoms. The summed E-state index contributed by atoms with van der Waals surface area (Å²) in [5.41, 5.74) is 25.5. The number of benzene rings is 2. The largest absolute Gasteiger partial charge is 0.369 e. The summed E-state index contributed by atoms with van der Waals surface area (Å²) in [6, 6.07) is 13.9. The Morgan fingerprint density at radius 1 is 0.719 bits per heavy atom. The van der Waals surface area contributed by atoms with E-state index in [0.29, 0.717) is 17.1 Å². The highest BCUT2D eigenvalue weighted by atomic mass is 16.2. The van der Waals surface area contributed by atoms with Gasteiger partial charge in [-0.25, -0.2) is 4.79 Å². The molecule has 0 fully saturated rings. The minimum absolute atomic E-state index is 0.108. The molecule has 2 amide bonds. The van der Waals surface area contributed by atoms with Crippen molar-refractivity contribution in [3.63, 3.8) is 0 Å². The molecule has 0 aliphatic rings. The zero-order valence-corrected chi connectivity index (χ0v) is 18.2. The SMILES string of the molecule is C/C(=N/N=C(N)N)c1ccc(NC(=O)Nc2ccc(/C(=N\N=C(N)N)C(C)C)cc2)cc1. The summed E-state index contributed by atoms with van der Waals surface area (Å²) in [7, 11) is 0. The number of amides is 2. The Bertz CT molecular complexity index is 1040. The standard InChI is InChI=1S/C21H28N10O/c1-12(2)18(29-31-20(24)25)15-6-10-17(11-7-15)27-21(32)26-16-8-4-14(5-9-16)13(3)28-30-19(22)23/h4-12H,1-3H3,(H4,22,23,30)(H4,24,25,31)(H2,26,27,32)/b28-13-,29-18-. The molecule has 2 aromatic carbocycles. The molecule has 10 N–H and O–H groups in total. The van der Waals surface area contributed by atoms with Crippen molar-refractivity contribution in [2.75, 3.05) is 10.6 Å². The first-order valence-corrected chi connectivity index (χ1v) is 9.74. The number of hydrogen-bond acceptors (Lipinski definition) is 5. The van der Waals surface area contributed by atoms with Crippen LogP contribution in [-0.4, -0.2) is 29.4 Å². The fraction of sp³-hybridized carbons (Fsp3) is 0.190. The molecule has 0 atom stereocenters. The first-order chi connectivity index (χ1) is 15.2. The number of nitrogens with zero attached hydrogens (tertiary/aromatic N) is 4. The van der Waals surface area contributed by atoms with Gasteiger partial charge in [-0.15, -0.1) is 10.2 Å². The van der Waals surface area contributed by atoms with Gasteiger partial charge < -0.3 is 33.6 Å². The Kier molecular flexibility index (Phi) is 8.29. The summed E-state index contributed by atoms with van der Waals surface area (Å²) < 4.78 is 0. The van der Waals surface area contributed by atoms with Crippen LogP contribution in [0.15, 0.2) is 68.9 Å². The van der Waals surface area contributed by atoms with Crippen LogP contribution in [0.1, 0.15) is 31.9 Å². The van der Waals surface area contributed by atoms with Crippen LogP contribution in [0.2, 0.25) is 0 Å². The topological polar surface area (TPSA) is 195 Å². The lowest BCUT2D eigenvalue weighted by Crippen LogP contribution is -2.22. The molecule has 0 heterocycles. The Balaban J connectivity index is 2.03. The van der Waals surface area contributed by atoms with Crippen molar-refractivity contribution in [3.05, 3.63) is 59.7 Å². The number of rotatable bonds is 7. The molecule has 0 saturated heterocycles. The maximum Gasteiger partial charge on any atom is 0.323 e. The third-order valence-corrected chi connectivity index (χ3v) is 4.13. The molecule has 0 aliphatic heterocycles. The molecular weight excluding hydrogens is 408 g/mol. The number of guanidine groups is 2. The van der Waals surface area contributed by atoms with E-state index in [4.69, 9.17) is 22.9 Å². The highest BCUT2D eigenvalue weighted by Crippen LogP contribution is 2.16. The van der Waals surface area contributed by atoms with Crippen molar-refractivity contribution < 1.29 is 4.79 Å². The van der Waals surface area contributed by atoms with E-state index in [1.165, 1.54) is 0 Å². The predicted octanol–water partition coefficient (Wildman–Crippen LogP) is 1.96. The third-order valence-electron chi connectivity index (χ3n) is 4.13. The zero-order valence-electron chi connectivity index (χ0n) is 18.2. The molecule has 0 radical (unpaired) electrons. The second kappa shape index (κ2) is 11.1. The first-order valence-electron chi connectivity index (χ1n) is 9.74. The van der Waals surface area contributed by atoms with Crippen LogP contribution in [0.3, 0.4) is 0 Å². The van der Waals surface area contributed by atoms with Crippen LogP contribution in [0.25, 0.3) is 0 Å². The number of nitrogens with one attached hydrogen (secondary N) is 2. The molecule has 0 spiro atoms. The number of carbonyl (C=O) groups is 1. The molecule has 0 aliphatic carbocycles. The van der Waals surface area contributed by atoms with Gasteiger partial charge in [0.2, 0.25) is 11.9 Å². The van der Waals surface area contributed by atoms with Crippen molar-refractivity contribution in [2.45, 2.75) is 20.8 Å². The second-order valence-electron chi connectivity index (χ2n) is 7.11. The number of hydrogen-bond donors (Lipinski definition) is 6. The normalized spacial score (nSPS) is 11.6. The highest BCUT2D eigenvalue weighted by molar-refractivity contribution is 6.04. The summed E-state index contributed by atoms with van der Waals surface area (Å²) in [6.45, 7) is 5.75. The Labute approximate surface area is 186 Å². The average Bonchev–Trinajstić information content (AvgIpc) is 2.73. The van der Waals surface area contributed by atoms with Crippen molar-refractivity contribution in [2.24, 2.45) is 49.3 Å². The Morgan fingerprint density at radius 3 is 1.59 bits per heavy atom. The van der Waals surface area contributed by atoms with Crippen LogP contribution in [-0.2, 0) is 0 Å². The summed E-state index contributed by atoms with van der Waals surface area (Å²) in [5.74, 6) is -0.118. The molecule has 0 unspecified atom stereocenters. The summed E-state index contributed by atoms with van der Waals surface area (Å²) >= 11 is 0. The zero-order chi connectivity index (χ0) is 23.7. The summed E-state index contributed by atoms with van der Waals surface area (Å²) in [4.78, 5) is 12.3. The van der Waals surface area contributed by atoms with E-state index in [2.05, 4.69) is 31.0 Å². The summed E-state index contributed by atoms with van der Waals surface area (Å²) in [5, 5.41) is 20.9. The van der Waals surface area contributed by atoms with E-state index in [9.17, 15) is 4.79 Å². The number of nitrogens with two attached hydrogens (primary N) is 4. The predicted molar refractivity (Wildman–Crippen MR) is 131 cm³/mol. The number of urea groups is 1. The van der Waals surface area contributed by atoms with Crippen LogP contribution < -0.4 is 33.6 Å². The molecule has 11 nitrogen and oxygen atoms in total. The van der Waals surface area contributed by atoms with E-state index < -0.39 is 0 Å². The minimum Gasteiger partial charge on any atom is -0.369 e. The van der Waals surface area contributed by atoms with Gasteiger partial charge in [-0.2, -0.15) is 10.2 Å². The van der Waals surface area contributed by atoms with Crippen LogP contribution in [0.5, 0.6) is 0 Å². The van der Waals surface area contributed by atoms with Gasteiger partial charge in [-0.1, -0.05) is 38.1 Å². The van der Waals surface area contributed by atoms with Crippen molar-refractivity contribution in [1.82, 2.24) is 0 Å². The van der Waals surface area contributed by atoms with Crippen molar-refractivity contribution >= 4 is 40.7 Å². The molecule has 168 valence electrons. The lowest BCUT2D eigenvalue weighted by atomic mass is 10.00. The van der Waals surface area contributed by atoms with Gasteiger partial charge in [-0.3, -0.25) is 0 Å². The van der Waals surface area contributed by atoms with Gasteiger partial charge in [0.15, 0.2) is 0 Å². The van der Waals surface area contributed by atoms with E-state index in [0.717, 1.165) is 16.8 Å². The molecule has 11 heteroatoms. The fourth-order valence-electron chi connectivity index (χ4n) is 2.62. The minimum atomic E-state index is -0.380. The first kappa shape index (κ1) is 23.9. The smallest absolute Gasteiger partial charge is 0.323 e. The van der Waals surface area contributed by atoms with Crippen LogP contribution >= 0.6 is 0 Å². The highest BCUT2D eigenvalue weighted by Gasteiger charge is 2.10. The molecule has 0 saturated carbocycles. The van der Waals surface area contributed by atoms with E-state index in [1.54, 1.807) is 43.3 Å². The Hall–Kier alpha value is -4.41. The van der Waals surface area contributed by atoms with Gasteiger partial charge >= 0.3 is 6.03 Å². The number of carbonyl (C=O) groups excluding carboxylic acids is 1. The lowest BCUT2D eigenvalue weighted by molar-refractivity contribution is 0.262. The monoisotopic (exact) mass is 436 g/mol. The quantitative estimate of drug-likeness (QED) is 0.219. The molecule has 2 aromatic rings. The molecule has 0 bridgehead atoms. The molecular formula is C21H28N10O. The van der Waals surface area contributed by atoms with Gasteiger partial charge in [0.1, 0.15) is 0 Å². The van der Waals surface area contributed by atoms with Gasteiger partial charge in [0, 0.05) is 11.4 Å². The van der Waals surface area contributed by atoms with Gasteiger partial charge in [0.05, 0.1) is 11.4 Å². The summed E-state index contributed by atoms with van der Waals surface area (Å²) in [6.07, 6.45) is 0. The Morgan fingerprint density at radius 2 is 1.16 bits per heavy atom. The molecule has 2 rings (SSSR count). The van der Waals surface area contributed by atoms with Gasteiger partial charge in [0.25, 0.3) is 0 Å². The van der Waals surface area contributed by atoms with Gasteiger partial charge in [-0.05, 0) is 48.2 Å². The fourth-order valence-corrected chi connectivity index (χ4v) is 2.62. The second-order valence-corrected chi connectivity index (χ2v) is 7.11. The average molecular weight is 437 g/mol. The lowest BCUT2D eigenvalue weighted by Gasteiger charge is -2.11. The van der Waals surface area contributed by atoms with E-state index >= 15 is 0 Å². The van der Waals surface area contributed by atoms with Crippen LogP contribution in [0.4, 0.5) is 16.2 Å². The van der Waals surface area contributed by atoms with Crippen molar-refractivity contribution in [1.29, 1.82) is 0 Å². The molecule has 0 aromatic heterocycles. The number of anilines is 2. The maximum atomic E-state index is 12.3. The van der Waals surface area contributed by atoms with E-state index in [-0.39, 0.29) is 23.9 Å². The van der Waals surface area contributed by atoms with Crippen molar-refractivity contribution in [3.8, 4) is 0 Å². The van der Waals surface area contributed by atoms with Crippen LogP contribution in [0, 0.1) is 5.92 Å².